The quantitative estimate of drug-likeness (QED) is 0.648. The normalized spacial score (nSPS) is 19.1. The number of hydrogen-bond acceptors (Lipinski definition) is 5. The van der Waals surface area contributed by atoms with Gasteiger partial charge in [-0.3, -0.25) is 4.79 Å². The van der Waals surface area contributed by atoms with E-state index in [-0.39, 0.29) is 24.4 Å². The number of halogens is 1. The first-order valence-electron chi connectivity index (χ1n) is 9.65. The molecular weight excluding hydrogens is 368 g/mol. The summed E-state index contributed by atoms with van der Waals surface area (Å²) in [5.41, 5.74) is 1.06. The molecule has 3 rings (SSSR count). The highest BCUT2D eigenvalue weighted by molar-refractivity contribution is 5.85. The van der Waals surface area contributed by atoms with Crippen LogP contribution in [-0.4, -0.2) is 56.4 Å². The molecule has 1 aromatic carbocycles. The summed E-state index contributed by atoms with van der Waals surface area (Å²) < 4.78 is 16.9. The molecule has 2 aliphatic rings. The van der Waals surface area contributed by atoms with E-state index in [1.165, 1.54) is 0 Å². The van der Waals surface area contributed by atoms with Crippen LogP contribution >= 0.6 is 12.4 Å². The van der Waals surface area contributed by atoms with Crippen LogP contribution in [0.2, 0.25) is 0 Å². The van der Waals surface area contributed by atoms with Crippen molar-refractivity contribution in [2.45, 2.75) is 51.3 Å². The first kappa shape index (κ1) is 21.8. The number of carbonyl (C=O) groups is 1. The largest absolute Gasteiger partial charge is 0.493 e. The van der Waals surface area contributed by atoms with Crippen LogP contribution in [0.3, 0.4) is 0 Å². The molecule has 2 fully saturated rings. The molecule has 0 radical (unpaired) electrons. The van der Waals surface area contributed by atoms with Gasteiger partial charge >= 0.3 is 0 Å². The summed E-state index contributed by atoms with van der Waals surface area (Å²) in [5.74, 6) is 1.56. The van der Waals surface area contributed by atoms with Gasteiger partial charge in [-0.25, -0.2) is 0 Å². The third kappa shape index (κ3) is 5.99. The van der Waals surface area contributed by atoms with Crippen molar-refractivity contribution >= 4 is 18.3 Å². The Balaban J connectivity index is 0.00000261. The molecule has 1 saturated heterocycles. The molecule has 6 nitrogen and oxygen atoms in total. The van der Waals surface area contributed by atoms with E-state index in [1.54, 1.807) is 7.11 Å². The Morgan fingerprint density at radius 2 is 2.15 bits per heavy atom. The summed E-state index contributed by atoms with van der Waals surface area (Å²) in [4.78, 5) is 14.9. The molecular formula is C20H31ClN2O4. The SMILES string of the molecule is CCCCOc1cc(CN(C(=O)[C@H]2CNCCO2)C2CC2)ccc1OC.Cl. The molecule has 1 saturated carbocycles. The number of methoxy groups -OCH3 is 1. The lowest BCUT2D eigenvalue weighted by Gasteiger charge is -2.30. The second-order valence-electron chi connectivity index (χ2n) is 6.95. The van der Waals surface area contributed by atoms with Gasteiger partial charge in [0.25, 0.3) is 5.91 Å². The fourth-order valence-electron chi connectivity index (χ4n) is 3.14. The predicted molar refractivity (Wildman–Crippen MR) is 107 cm³/mol. The number of hydrogen-bond donors (Lipinski definition) is 1. The maximum Gasteiger partial charge on any atom is 0.253 e. The van der Waals surface area contributed by atoms with Gasteiger partial charge in [-0.2, -0.15) is 0 Å². The Kier molecular flexibility index (Phi) is 8.67. The summed E-state index contributed by atoms with van der Waals surface area (Å²) in [6, 6.07) is 6.26. The summed E-state index contributed by atoms with van der Waals surface area (Å²) in [6.07, 6.45) is 3.86. The van der Waals surface area contributed by atoms with E-state index in [0.717, 1.165) is 49.3 Å². The lowest BCUT2D eigenvalue weighted by molar-refractivity contribution is -0.146. The molecule has 7 heteroatoms. The van der Waals surface area contributed by atoms with Gasteiger partial charge in [-0.15, -0.1) is 12.4 Å². The average molecular weight is 399 g/mol. The molecule has 1 aliphatic heterocycles. The van der Waals surface area contributed by atoms with Crippen LogP contribution in [0.25, 0.3) is 0 Å². The number of ether oxygens (including phenoxy) is 3. The van der Waals surface area contributed by atoms with Gasteiger partial charge in [0, 0.05) is 25.7 Å². The maximum absolute atomic E-state index is 12.9. The van der Waals surface area contributed by atoms with Gasteiger partial charge in [0.05, 0.1) is 20.3 Å². The van der Waals surface area contributed by atoms with E-state index in [1.807, 2.05) is 23.1 Å². The van der Waals surface area contributed by atoms with Gasteiger partial charge in [0.2, 0.25) is 0 Å². The van der Waals surface area contributed by atoms with Gasteiger partial charge in [-0.05, 0) is 37.0 Å². The van der Waals surface area contributed by atoms with Gasteiger partial charge < -0.3 is 24.4 Å². The predicted octanol–water partition coefficient (Wildman–Crippen LogP) is 2.78. The molecule has 0 unspecified atom stereocenters. The zero-order chi connectivity index (χ0) is 18.4. The molecule has 1 aliphatic carbocycles. The standard InChI is InChI=1S/C20H30N2O4.ClH/c1-3-4-10-25-18-12-15(5-8-17(18)24-2)14-22(16-6-7-16)20(23)19-13-21-9-11-26-19;/h5,8,12,16,19,21H,3-4,6-7,9-11,13-14H2,1-2H3;1H/t19-;/m1./s1. The fourth-order valence-corrected chi connectivity index (χ4v) is 3.14. The minimum Gasteiger partial charge on any atom is -0.493 e. The highest BCUT2D eigenvalue weighted by Crippen LogP contribution is 2.32. The van der Waals surface area contributed by atoms with Crippen molar-refractivity contribution in [2.24, 2.45) is 0 Å². The van der Waals surface area contributed by atoms with Crippen molar-refractivity contribution < 1.29 is 19.0 Å². The van der Waals surface area contributed by atoms with Gasteiger partial charge in [0.15, 0.2) is 11.5 Å². The van der Waals surface area contributed by atoms with Crippen LogP contribution < -0.4 is 14.8 Å². The van der Waals surface area contributed by atoms with Crippen molar-refractivity contribution in [2.75, 3.05) is 33.4 Å². The number of carbonyl (C=O) groups excluding carboxylic acids is 1. The smallest absolute Gasteiger partial charge is 0.253 e. The van der Waals surface area contributed by atoms with Crippen LogP contribution in [0.15, 0.2) is 18.2 Å². The van der Waals surface area contributed by atoms with Crippen molar-refractivity contribution in [3.8, 4) is 11.5 Å². The summed E-state index contributed by atoms with van der Waals surface area (Å²) in [5, 5.41) is 3.24. The second kappa shape index (κ2) is 10.7. The highest BCUT2D eigenvalue weighted by Gasteiger charge is 2.36. The summed E-state index contributed by atoms with van der Waals surface area (Å²) in [6.45, 7) is 5.38. The first-order chi connectivity index (χ1) is 12.7. The topological polar surface area (TPSA) is 60.0 Å². The third-order valence-electron chi connectivity index (χ3n) is 4.81. The van der Waals surface area contributed by atoms with E-state index in [4.69, 9.17) is 14.2 Å². The number of unbranched alkanes of at least 4 members (excludes halogenated alkanes) is 1. The Morgan fingerprint density at radius 1 is 1.33 bits per heavy atom. The number of benzene rings is 1. The van der Waals surface area contributed by atoms with Crippen LogP contribution in [0.4, 0.5) is 0 Å². The van der Waals surface area contributed by atoms with Gasteiger partial charge in [-0.1, -0.05) is 19.4 Å². The minimum atomic E-state index is -0.372. The molecule has 1 heterocycles. The molecule has 152 valence electrons. The zero-order valence-corrected chi connectivity index (χ0v) is 17.1. The number of morpholine rings is 1. The van der Waals surface area contributed by atoms with Crippen molar-refractivity contribution in [1.29, 1.82) is 0 Å². The van der Waals surface area contributed by atoms with Crippen LogP contribution in [0, 0.1) is 0 Å². The van der Waals surface area contributed by atoms with Crippen molar-refractivity contribution in [1.82, 2.24) is 10.2 Å². The molecule has 1 amide bonds. The molecule has 1 atom stereocenters. The number of nitrogens with zero attached hydrogens (tertiary/aromatic N) is 1. The van der Waals surface area contributed by atoms with E-state index in [9.17, 15) is 4.79 Å². The van der Waals surface area contributed by atoms with E-state index in [0.29, 0.717) is 32.3 Å². The van der Waals surface area contributed by atoms with E-state index >= 15 is 0 Å². The number of amides is 1. The zero-order valence-electron chi connectivity index (χ0n) is 16.2. The third-order valence-corrected chi connectivity index (χ3v) is 4.81. The van der Waals surface area contributed by atoms with E-state index in [2.05, 4.69) is 12.2 Å². The van der Waals surface area contributed by atoms with Crippen LogP contribution in [0.5, 0.6) is 11.5 Å². The molecule has 0 bridgehead atoms. The van der Waals surface area contributed by atoms with Crippen LogP contribution in [-0.2, 0) is 16.1 Å². The molecule has 0 spiro atoms. The summed E-state index contributed by atoms with van der Waals surface area (Å²) >= 11 is 0. The number of rotatable bonds is 9. The number of nitrogens with one attached hydrogen (secondary N) is 1. The average Bonchev–Trinajstić information content (AvgIpc) is 3.52. The fraction of sp³-hybridized carbons (Fsp3) is 0.650. The summed E-state index contributed by atoms with van der Waals surface area (Å²) in [7, 11) is 1.65. The Hall–Kier alpha value is -1.50. The molecule has 27 heavy (non-hydrogen) atoms. The Labute approximate surface area is 167 Å². The van der Waals surface area contributed by atoms with Crippen LogP contribution in [0.1, 0.15) is 38.2 Å². The Bertz CT molecular complexity index is 604. The van der Waals surface area contributed by atoms with E-state index < -0.39 is 0 Å². The lowest BCUT2D eigenvalue weighted by atomic mass is 10.1. The highest BCUT2D eigenvalue weighted by atomic mass is 35.5. The van der Waals surface area contributed by atoms with Crippen molar-refractivity contribution in [3.05, 3.63) is 23.8 Å². The lowest BCUT2D eigenvalue weighted by Crippen LogP contribution is -2.49. The molecule has 1 N–H and O–H groups in total. The first-order valence-corrected chi connectivity index (χ1v) is 9.65. The molecule has 0 aromatic heterocycles. The Morgan fingerprint density at radius 3 is 2.78 bits per heavy atom. The minimum absolute atomic E-state index is 0. The maximum atomic E-state index is 12.9. The second-order valence-corrected chi connectivity index (χ2v) is 6.95. The monoisotopic (exact) mass is 398 g/mol. The van der Waals surface area contributed by atoms with Crippen molar-refractivity contribution in [3.63, 3.8) is 0 Å². The van der Waals surface area contributed by atoms with Gasteiger partial charge in [0.1, 0.15) is 6.10 Å². The molecule has 1 aromatic rings.